The maximum Gasteiger partial charge on any atom is 0.258 e. The Kier molecular flexibility index (Phi) is 9.01. The molecule has 0 fully saturated rings. The van der Waals surface area contributed by atoms with Gasteiger partial charge in [-0.1, -0.05) is 30.3 Å². The van der Waals surface area contributed by atoms with Crippen molar-refractivity contribution in [3.8, 4) is 0 Å². The van der Waals surface area contributed by atoms with Gasteiger partial charge in [0.25, 0.3) is 11.8 Å². The molecule has 3 aromatic rings. The van der Waals surface area contributed by atoms with Crippen LogP contribution in [0.2, 0.25) is 0 Å². The average Bonchev–Trinajstić information content (AvgIpc) is 2.89. The summed E-state index contributed by atoms with van der Waals surface area (Å²) in [5.41, 5.74) is 3.11. The molecule has 0 aromatic heterocycles. The molecule has 0 saturated heterocycles. The number of hydrogen-bond donors (Lipinski definition) is 2. The summed E-state index contributed by atoms with van der Waals surface area (Å²) in [4.78, 5) is 41.6. The monoisotopic (exact) mass is 472 g/mol. The summed E-state index contributed by atoms with van der Waals surface area (Å²) in [6.07, 6.45) is 0. The highest BCUT2D eigenvalue weighted by Gasteiger charge is 2.17. The van der Waals surface area contributed by atoms with Gasteiger partial charge in [-0.25, -0.2) is 0 Å². The second-order valence-corrected chi connectivity index (χ2v) is 7.93. The lowest BCUT2D eigenvalue weighted by molar-refractivity contribution is -0.114. The molecule has 0 saturated carbocycles. The molecule has 0 radical (unpaired) electrons. The van der Waals surface area contributed by atoms with Gasteiger partial charge in [-0.2, -0.15) is 0 Å². The summed E-state index contributed by atoms with van der Waals surface area (Å²) in [6, 6.07) is 23.5. The van der Waals surface area contributed by atoms with Crippen LogP contribution in [0.5, 0.6) is 0 Å². The van der Waals surface area contributed by atoms with Gasteiger partial charge in [-0.3, -0.25) is 14.4 Å². The van der Waals surface area contributed by atoms with E-state index in [1.54, 1.807) is 52.3 Å². The fraction of sp³-hybridized carbons (Fsp3) is 0.250. The Morgan fingerprint density at radius 3 is 1.91 bits per heavy atom. The molecular formula is C28H32N4O3. The minimum atomic E-state index is -0.259. The van der Waals surface area contributed by atoms with Crippen LogP contribution >= 0.6 is 0 Å². The van der Waals surface area contributed by atoms with Gasteiger partial charge in [0.05, 0.1) is 6.54 Å². The lowest BCUT2D eigenvalue weighted by Crippen LogP contribution is -2.30. The first-order valence-corrected chi connectivity index (χ1v) is 11.9. The molecule has 7 nitrogen and oxygen atoms in total. The summed E-state index contributed by atoms with van der Waals surface area (Å²) >= 11 is 0. The van der Waals surface area contributed by atoms with Crippen LogP contribution in [0.25, 0.3) is 0 Å². The SMILES string of the molecule is CCN(CC)C(=O)c1cccc(NCC(=O)Nc2cccc(C(=O)N(CC)c3ccccc3)c2)c1. The maximum atomic E-state index is 13.1. The van der Waals surface area contributed by atoms with Crippen LogP contribution in [0.15, 0.2) is 78.9 Å². The largest absolute Gasteiger partial charge is 0.376 e. The summed E-state index contributed by atoms with van der Waals surface area (Å²) in [7, 11) is 0. The molecular weight excluding hydrogens is 440 g/mol. The third-order valence-corrected chi connectivity index (χ3v) is 5.64. The molecule has 2 N–H and O–H groups in total. The minimum Gasteiger partial charge on any atom is -0.376 e. The number of nitrogens with one attached hydrogen (secondary N) is 2. The van der Waals surface area contributed by atoms with E-state index >= 15 is 0 Å². The topological polar surface area (TPSA) is 81.8 Å². The van der Waals surface area contributed by atoms with Crippen LogP contribution in [0.4, 0.5) is 17.1 Å². The summed E-state index contributed by atoms with van der Waals surface area (Å²) in [5.74, 6) is -0.436. The summed E-state index contributed by atoms with van der Waals surface area (Å²) < 4.78 is 0. The zero-order chi connectivity index (χ0) is 25.2. The number of anilines is 3. The van der Waals surface area contributed by atoms with Gasteiger partial charge in [-0.05, 0) is 69.3 Å². The van der Waals surface area contributed by atoms with E-state index in [1.807, 2.05) is 57.2 Å². The number of nitrogens with zero attached hydrogens (tertiary/aromatic N) is 2. The summed E-state index contributed by atoms with van der Waals surface area (Å²) in [5, 5.41) is 5.89. The maximum absolute atomic E-state index is 13.1. The van der Waals surface area contributed by atoms with E-state index in [2.05, 4.69) is 10.6 Å². The number of para-hydroxylation sites is 1. The van der Waals surface area contributed by atoms with Crippen molar-refractivity contribution in [2.24, 2.45) is 0 Å². The van der Waals surface area contributed by atoms with E-state index in [-0.39, 0.29) is 24.3 Å². The summed E-state index contributed by atoms with van der Waals surface area (Å²) in [6.45, 7) is 7.63. The van der Waals surface area contributed by atoms with Gasteiger partial charge in [0, 0.05) is 47.8 Å². The lowest BCUT2D eigenvalue weighted by atomic mass is 10.1. The molecule has 0 unspecified atom stereocenters. The Labute approximate surface area is 206 Å². The molecule has 0 aliphatic heterocycles. The van der Waals surface area contributed by atoms with Crippen molar-refractivity contribution in [3.63, 3.8) is 0 Å². The lowest BCUT2D eigenvalue weighted by Gasteiger charge is -2.21. The molecule has 0 bridgehead atoms. The van der Waals surface area contributed by atoms with E-state index in [1.165, 1.54) is 0 Å². The average molecular weight is 473 g/mol. The van der Waals surface area contributed by atoms with E-state index < -0.39 is 0 Å². The van der Waals surface area contributed by atoms with Gasteiger partial charge < -0.3 is 20.4 Å². The Morgan fingerprint density at radius 2 is 1.29 bits per heavy atom. The van der Waals surface area contributed by atoms with Gasteiger partial charge in [0.15, 0.2) is 0 Å². The molecule has 0 heterocycles. The highest BCUT2D eigenvalue weighted by Crippen LogP contribution is 2.19. The van der Waals surface area contributed by atoms with Crippen molar-refractivity contribution in [1.82, 2.24) is 4.90 Å². The highest BCUT2D eigenvalue weighted by atomic mass is 16.2. The molecule has 3 aromatic carbocycles. The Hall–Kier alpha value is -4.13. The van der Waals surface area contributed by atoms with Crippen molar-refractivity contribution >= 4 is 34.8 Å². The Bertz CT molecular complexity index is 1160. The smallest absolute Gasteiger partial charge is 0.258 e. The van der Waals surface area contributed by atoms with Crippen molar-refractivity contribution in [3.05, 3.63) is 90.0 Å². The van der Waals surface area contributed by atoms with Crippen molar-refractivity contribution in [1.29, 1.82) is 0 Å². The first kappa shape index (κ1) is 25.5. The zero-order valence-corrected chi connectivity index (χ0v) is 20.5. The predicted molar refractivity (Wildman–Crippen MR) is 141 cm³/mol. The molecule has 7 heteroatoms. The first-order chi connectivity index (χ1) is 17.0. The Balaban J connectivity index is 1.62. The third-order valence-electron chi connectivity index (χ3n) is 5.64. The van der Waals surface area contributed by atoms with Crippen molar-refractivity contribution < 1.29 is 14.4 Å². The van der Waals surface area contributed by atoms with Crippen LogP contribution in [-0.2, 0) is 4.79 Å². The minimum absolute atomic E-state index is 0.0200. The molecule has 0 atom stereocenters. The number of carbonyl (C=O) groups excluding carboxylic acids is 3. The number of carbonyl (C=O) groups is 3. The van der Waals surface area contributed by atoms with Crippen LogP contribution in [0.1, 0.15) is 41.5 Å². The second-order valence-electron chi connectivity index (χ2n) is 7.93. The second kappa shape index (κ2) is 12.4. The molecule has 3 rings (SSSR count). The van der Waals surface area contributed by atoms with Gasteiger partial charge in [0.2, 0.25) is 5.91 Å². The van der Waals surface area contributed by atoms with E-state index in [9.17, 15) is 14.4 Å². The van der Waals surface area contributed by atoms with Crippen LogP contribution < -0.4 is 15.5 Å². The highest BCUT2D eigenvalue weighted by molar-refractivity contribution is 6.07. The standard InChI is InChI=1S/C28H32N4O3/c1-4-31(5-2)27(34)21-12-10-14-23(18-21)29-20-26(33)30-24-15-11-13-22(19-24)28(35)32(6-3)25-16-8-7-9-17-25/h7-19,29H,4-6,20H2,1-3H3,(H,30,33). The molecule has 35 heavy (non-hydrogen) atoms. The van der Waals surface area contributed by atoms with E-state index in [0.717, 1.165) is 5.69 Å². The normalized spacial score (nSPS) is 10.4. The third kappa shape index (κ3) is 6.69. The molecule has 0 spiro atoms. The first-order valence-electron chi connectivity index (χ1n) is 11.9. The number of amides is 3. The van der Waals surface area contributed by atoms with E-state index in [0.29, 0.717) is 42.1 Å². The quantitative estimate of drug-likeness (QED) is 0.440. The zero-order valence-electron chi connectivity index (χ0n) is 20.5. The number of hydrogen-bond acceptors (Lipinski definition) is 4. The molecule has 0 aliphatic rings. The number of rotatable bonds is 10. The van der Waals surface area contributed by atoms with Crippen LogP contribution in [0, 0.1) is 0 Å². The van der Waals surface area contributed by atoms with E-state index in [4.69, 9.17) is 0 Å². The van der Waals surface area contributed by atoms with Gasteiger partial charge >= 0.3 is 0 Å². The van der Waals surface area contributed by atoms with Crippen LogP contribution in [-0.4, -0.2) is 48.8 Å². The fourth-order valence-corrected chi connectivity index (χ4v) is 3.78. The molecule has 0 aliphatic carbocycles. The van der Waals surface area contributed by atoms with Gasteiger partial charge in [0.1, 0.15) is 0 Å². The predicted octanol–water partition coefficient (Wildman–Crippen LogP) is 4.89. The van der Waals surface area contributed by atoms with Crippen LogP contribution in [0.3, 0.4) is 0 Å². The van der Waals surface area contributed by atoms with Gasteiger partial charge in [-0.15, -0.1) is 0 Å². The molecule has 3 amide bonds. The van der Waals surface area contributed by atoms with Crippen molar-refractivity contribution in [2.45, 2.75) is 20.8 Å². The number of benzene rings is 3. The fourth-order valence-electron chi connectivity index (χ4n) is 3.78. The van der Waals surface area contributed by atoms with Crippen molar-refractivity contribution in [2.75, 3.05) is 41.7 Å². The Morgan fingerprint density at radius 1 is 0.686 bits per heavy atom. The molecule has 182 valence electrons.